The van der Waals surface area contributed by atoms with Crippen molar-refractivity contribution in [3.8, 4) is 0 Å². The Bertz CT molecular complexity index is 1130. The summed E-state index contributed by atoms with van der Waals surface area (Å²) in [6.07, 6.45) is -5.17. The molecule has 37 heavy (non-hydrogen) atoms. The second kappa shape index (κ2) is 11.4. The number of carbonyl (C=O) groups is 5. The first-order valence-corrected chi connectivity index (χ1v) is 11.4. The molecule has 1 aromatic carbocycles. The van der Waals surface area contributed by atoms with Crippen LogP contribution in [-0.2, 0) is 47.8 Å². The molecule has 13 heteroatoms. The smallest absolute Gasteiger partial charge is 0.303 e. The number of esters is 3. The number of rotatable bonds is 7. The van der Waals surface area contributed by atoms with Crippen LogP contribution in [0.3, 0.4) is 0 Å². The molecule has 2 amide bonds. The predicted octanol–water partition coefficient (Wildman–Crippen LogP) is 0.348. The van der Waals surface area contributed by atoms with Crippen molar-refractivity contribution in [2.75, 3.05) is 18.6 Å². The monoisotopic (exact) mass is 519 g/mol. The number of aryl methyl sites for hydroxylation is 1. The quantitative estimate of drug-likeness (QED) is 0.302. The van der Waals surface area contributed by atoms with Crippen molar-refractivity contribution in [3.63, 3.8) is 0 Å². The number of amides is 2. The van der Waals surface area contributed by atoms with E-state index >= 15 is 0 Å². The summed E-state index contributed by atoms with van der Waals surface area (Å²) in [6.45, 7) is 6.13. The van der Waals surface area contributed by atoms with Gasteiger partial charge in [-0.3, -0.25) is 24.0 Å². The van der Waals surface area contributed by atoms with E-state index in [4.69, 9.17) is 23.8 Å². The topological polar surface area (TPSA) is 159 Å². The Labute approximate surface area is 213 Å². The summed E-state index contributed by atoms with van der Waals surface area (Å²) in [6, 6.07) is 4.18. The largest absolute Gasteiger partial charge is 0.463 e. The Morgan fingerprint density at radius 1 is 1.03 bits per heavy atom. The number of likely N-dealkylation sites (N-methyl/N-ethyl adjacent to an activating group) is 1. The molecular formula is C24H29N3O10. The molecule has 0 unspecified atom stereocenters. The second-order valence-electron chi connectivity index (χ2n) is 8.65. The van der Waals surface area contributed by atoms with E-state index in [-0.39, 0.29) is 5.71 Å². The minimum absolute atomic E-state index is 0.00550. The summed E-state index contributed by atoms with van der Waals surface area (Å²) in [7, 11) is 1.59. The highest BCUT2D eigenvalue weighted by atomic mass is 16.8. The van der Waals surface area contributed by atoms with Gasteiger partial charge >= 0.3 is 17.9 Å². The van der Waals surface area contributed by atoms with E-state index in [1.165, 1.54) is 18.7 Å². The standard InChI is InChI=1S/C24H29N3O10/c1-11-7-8-17-16(9-11)19(23(32)27(17)6)26-37-24-20(25-12(2)28)22(35-15(5)31)21(34-14(4)30)18(36-24)10-33-13(3)29/h7-9,18,20-22,24H,10H2,1-6H3,(H,25,28)/b26-19-/t18-,20+,21-,22-,24+/m1/s1. The van der Waals surface area contributed by atoms with Gasteiger partial charge in [0.2, 0.25) is 5.91 Å². The lowest BCUT2D eigenvalue weighted by atomic mass is 9.96. The Morgan fingerprint density at radius 3 is 2.27 bits per heavy atom. The SMILES string of the molecule is CC(=O)N[C@@H]1[C@H](O/N=C2\C(=O)N(C)c3ccc(C)cc32)O[C@H](COC(C)=O)[C@@H](OC(C)=O)[C@@H]1OC(C)=O. The van der Waals surface area contributed by atoms with Gasteiger partial charge in [0.05, 0.1) is 5.69 Å². The molecule has 1 saturated heterocycles. The second-order valence-corrected chi connectivity index (χ2v) is 8.65. The van der Waals surface area contributed by atoms with Crippen LogP contribution in [-0.4, -0.2) is 79.7 Å². The summed E-state index contributed by atoms with van der Waals surface area (Å²) in [5.41, 5.74) is 2.04. The van der Waals surface area contributed by atoms with E-state index in [2.05, 4.69) is 10.5 Å². The molecule has 1 N–H and O–H groups in total. The van der Waals surface area contributed by atoms with E-state index in [1.54, 1.807) is 19.2 Å². The molecule has 3 rings (SSSR count). The maximum atomic E-state index is 12.9. The number of anilines is 1. The van der Waals surface area contributed by atoms with Crippen molar-refractivity contribution in [3.05, 3.63) is 29.3 Å². The van der Waals surface area contributed by atoms with Crippen LogP contribution in [0.25, 0.3) is 0 Å². The number of oxime groups is 1. The van der Waals surface area contributed by atoms with Gasteiger partial charge in [-0.15, -0.1) is 0 Å². The fraction of sp³-hybridized carbons (Fsp3) is 0.500. The van der Waals surface area contributed by atoms with Gasteiger partial charge in [0.15, 0.2) is 17.9 Å². The summed E-state index contributed by atoms with van der Waals surface area (Å²) in [5.74, 6) is -3.08. The zero-order chi connectivity index (χ0) is 27.4. The first-order chi connectivity index (χ1) is 17.4. The zero-order valence-corrected chi connectivity index (χ0v) is 21.3. The lowest BCUT2D eigenvalue weighted by molar-refractivity contribution is -0.278. The first kappa shape index (κ1) is 27.6. The van der Waals surface area contributed by atoms with Crippen molar-refractivity contribution in [1.29, 1.82) is 0 Å². The number of carbonyl (C=O) groups excluding carboxylic acids is 5. The molecule has 1 aromatic rings. The van der Waals surface area contributed by atoms with Crippen molar-refractivity contribution in [1.82, 2.24) is 5.32 Å². The van der Waals surface area contributed by atoms with Crippen LogP contribution in [0.5, 0.6) is 0 Å². The molecular weight excluding hydrogens is 490 g/mol. The van der Waals surface area contributed by atoms with Crippen LogP contribution in [0.4, 0.5) is 5.69 Å². The number of hydrogen-bond donors (Lipinski definition) is 1. The Morgan fingerprint density at radius 2 is 1.68 bits per heavy atom. The minimum Gasteiger partial charge on any atom is -0.463 e. The molecule has 0 bridgehead atoms. The molecule has 0 aromatic heterocycles. The molecule has 200 valence electrons. The van der Waals surface area contributed by atoms with Crippen molar-refractivity contribution < 1.29 is 47.8 Å². The molecule has 0 saturated carbocycles. The highest BCUT2D eigenvalue weighted by molar-refractivity contribution is 6.54. The number of nitrogens with zero attached hydrogens (tertiary/aromatic N) is 2. The number of hydrogen-bond acceptors (Lipinski definition) is 11. The molecule has 2 heterocycles. The average molecular weight is 520 g/mol. The van der Waals surface area contributed by atoms with Crippen LogP contribution in [0, 0.1) is 6.92 Å². The molecule has 0 radical (unpaired) electrons. The Balaban J connectivity index is 2.01. The summed E-state index contributed by atoms with van der Waals surface area (Å²) >= 11 is 0. The van der Waals surface area contributed by atoms with Crippen LogP contribution < -0.4 is 10.2 Å². The number of benzene rings is 1. The first-order valence-electron chi connectivity index (χ1n) is 11.4. The van der Waals surface area contributed by atoms with Crippen molar-refractivity contribution >= 4 is 41.1 Å². The Hall–Kier alpha value is -4.00. The Kier molecular flexibility index (Phi) is 8.48. The van der Waals surface area contributed by atoms with E-state index in [9.17, 15) is 24.0 Å². The zero-order valence-electron chi connectivity index (χ0n) is 21.3. The van der Waals surface area contributed by atoms with Gasteiger partial charge in [0, 0.05) is 40.3 Å². The third-order valence-electron chi connectivity index (χ3n) is 5.59. The predicted molar refractivity (Wildman–Crippen MR) is 126 cm³/mol. The molecule has 0 aliphatic carbocycles. The van der Waals surface area contributed by atoms with Gasteiger partial charge in [0.1, 0.15) is 18.8 Å². The van der Waals surface area contributed by atoms with Crippen LogP contribution in [0.15, 0.2) is 23.4 Å². The third kappa shape index (κ3) is 6.42. The van der Waals surface area contributed by atoms with Gasteiger partial charge in [-0.2, -0.15) is 0 Å². The normalized spacial score (nSPS) is 25.8. The minimum atomic E-state index is -1.43. The molecule has 13 nitrogen and oxygen atoms in total. The van der Waals surface area contributed by atoms with Crippen molar-refractivity contribution in [2.24, 2.45) is 5.16 Å². The van der Waals surface area contributed by atoms with Crippen LogP contribution in [0.1, 0.15) is 38.8 Å². The fourth-order valence-electron chi connectivity index (χ4n) is 4.09. The fourth-order valence-corrected chi connectivity index (χ4v) is 4.09. The molecule has 5 atom stereocenters. The number of fused-ring (bicyclic) bond motifs is 1. The van der Waals surface area contributed by atoms with Gasteiger partial charge in [-0.25, -0.2) is 0 Å². The van der Waals surface area contributed by atoms with E-state index < -0.39 is 67.0 Å². The molecule has 2 aliphatic heterocycles. The third-order valence-corrected chi connectivity index (χ3v) is 5.59. The maximum Gasteiger partial charge on any atom is 0.303 e. The summed E-state index contributed by atoms with van der Waals surface area (Å²) in [4.78, 5) is 67.2. The van der Waals surface area contributed by atoms with E-state index in [0.29, 0.717) is 11.3 Å². The molecule has 2 aliphatic rings. The van der Waals surface area contributed by atoms with Crippen LogP contribution in [0.2, 0.25) is 0 Å². The molecule has 1 fully saturated rings. The number of nitrogens with one attached hydrogen (secondary N) is 1. The highest BCUT2D eigenvalue weighted by Crippen LogP contribution is 2.31. The van der Waals surface area contributed by atoms with Gasteiger partial charge in [-0.05, 0) is 19.1 Å². The van der Waals surface area contributed by atoms with Gasteiger partial charge in [-0.1, -0.05) is 16.8 Å². The van der Waals surface area contributed by atoms with E-state index in [0.717, 1.165) is 19.4 Å². The van der Waals surface area contributed by atoms with Gasteiger partial charge < -0.3 is 34.0 Å². The maximum absolute atomic E-state index is 12.9. The lowest BCUT2D eigenvalue weighted by Gasteiger charge is -2.43. The highest BCUT2D eigenvalue weighted by Gasteiger charge is 2.52. The van der Waals surface area contributed by atoms with Gasteiger partial charge in [0.25, 0.3) is 12.2 Å². The van der Waals surface area contributed by atoms with Crippen molar-refractivity contribution in [2.45, 2.75) is 65.3 Å². The summed E-state index contributed by atoms with van der Waals surface area (Å²) in [5, 5.41) is 6.61. The average Bonchev–Trinajstić information content (AvgIpc) is 3.02. The summed E-state index contributed by atoms with van der Waals surface area (Å²) < 4.78 is 21.7. The van der Waals surface area contributed by atoms with Crippen LogP contribution >= 0.6 is 0 Å². The number of ether oxygens (including phenoxy) is 4. The lowest BCUT2D eigenvalue weighted by Crippen LogP contribution is -2.66. The van der Waals surface area contributed by atoms with E-state index in [1.807, 2.05) is 13.0 Å². The molecule has 0 spiro atoms.